The summed E-state index contributed by atoms with van der Waals surface area (Å²) in [5.74, 6) is 1.09. The molecule has 2 N–H and O–H groups in total. The van der Waals surface area contributed by atoms with Crippen LogP contribution in [-0.4, -0.2) is 36.7 Å². The molecule has 0 spiro atoms. The standard InChI is InChI=1S/C15H23N3O3S/c1-11(2)6-9-22-14-5-4-12(10-13(14)18(20)21)15(19)17-8-7-16-3/h4-5,10-11,16H,6-9H2,1-3H3,(H,17,19). The number of carbonyl (C=O) groups excluding carboxylic acids is 1. The lowest BCUT2D eigenvalue weighted by atomic mass is 10.2. The first kappa shape index (κ1) is 18.4. The summed E-state index contributed by atoms with van der Waals surface area (Å²) in [6.07, 6.45) is 0.994. The quantitative estimate of drug-likeness (QED) is 0.316. The topological polar surface area (TPSA) is 84.3 Å². The lowest BCUT2D eigenvalue weighted by Crippen LogP contribution is -2.30. The highest BCUT2D eigenvalue weighted by Gasteiger charge is 2.17. The molecule has 0 bridgehead atoms. The van der Waals surface area contributed by atoms with Crippen molar-refractivity contribution in [1.82, 2.24) is 10.6 Å². The maximum absolute atomic E-state index is 11.9. The number of rotatable bonds is 9. The minimum absolute atomic E-state index is 0.00461. The molecule has 0 saturated heterocycles. The maximum atomic E-state index is 11.9. The summed E-state index contributed by atoms with van der Waals surface area (Å²) in [6.45, 7) is 5.37. The summed E-state index contributed by atoms with van der Waals surface area (Å²) < 4.78 is 0. The number of carbonyl (C=O) groups is 1. The molecule has 1 aromatic rings. The zero-order chi connectivity index (χ0) is 16.5. The number of nitro benzene ring substituents is 1. The molecule has 0 unspecified atom stereocenters. The van der Waals surface area contributed by atoms with Crippen molar-refractivity contribution in [2.24, 2.45) is 5.92 Å². The van der Waals surface area contributed by atoms with E-state index in [2.05, 4.69) is 24.5 Å². The molecule has 0 saturated carbocycles. The minimum atomic E-state index is -0.428. The second-order valence-electron chi connectivity index (χ2n) is 5.33. The van der Waals surface area contributed by atoms with Crippen molar-refractivity contribution in [2.45, 2.75) is 25.2 Å². The average molecular weight is 325 g/mol. The van der Waals surface area contributed by atoms with Gasteiger partial charge in [-0.1, -0.05) is 13.8 Å². The Morgan fingerprint density at radius 1 is 1.36 bits per heavy atom. The van der Waals surface area contributed by atoms with Gasteiger partial charge in [0.05, 0.1) is 9.82 Å². The number of nitro groups is 1. The molecule has 0 aromatic heterocycles. The molecule has 7 heteroatoms. The van der Waals surface area contributed by atoms with E-state index < -0.39 is 4.92 Å². The van der Waals surface area contributed by atoms with Crippen LogP contribution in [-0.2, 0) is 0 Å². The molecule has 122 valence electrons. The van der Waals surface area contributed by atoms with Crippen LogP contribution in [0.1, 0.15) is 30.6 Å². The fourth-order valence-electron chi connectivity index (χ4n) is 1.73. The van der Waals surface area contributed by atoms with Gasteiger partial charge in [0.1, 0.15) is 0 Å². The summed E-state index contributed by atoms with van der Waals surface area (Å²) in [7, 11) is 1.79. The zero-order valence-corrected chi connectivity index (χ0v) is 14.0. The van der Waals surface area contributed by atoms with Crippen molar-refractivity contribution in [3.05, 3.63) is 33.9 Å². The van der Waals surface area contributed by atoms with Gasteiger partial charge in [-0.15, -0.1) is 11.8 Å². The molecule has 0 atom stereocenters. The van der Waals surface area contributed by atoms with E-state index in [9.17, 15) is 14.9 Å². The summed E-state index contributed by atoms with van der Waals surface area (Å²) in [5.41, 5.74) is 0.311. The summed E-state index contributed by atoms with van der Waals surface area (Å²) in [4.78, 5) is 23.3. The Morgan fingerprint density at radius 2 is 2.09 bits per heavy atom. The lowest BCUT2D eigenvalue weighted by Gasteiger charge is -2.08. The number of amides is 1. The number of hydrogen-bond acceptors (Lipinski definition) is 5. The van der Waals surface area contributed by atoms with Crippen molar-refractivity contribution >= 4 is 23.4 Å². The number of nitrogens with zero attached hydrogens (tertiary/aromatic N) is 1. The van der Waals surface area contributed by atoms with E-state index >= 15 is 0 Å². The summed E-state index contributed by atoms with van der Waals surface area (Å²) in [5, 5.41) is 16.8. The summed E-state index contributed by atoms with van der Waals surface area (Å²) >= 11 is 1.46. The highest BCUT2D eigenvalue weighted by molar-refractivity contribution is 7.99. The number of benzene rings is 1. The Balaban J connectivity index is 2.80. The molecule has 0 fully saturated rings. The van der Waals surface area contributed by atoms with E-state index in [1.807, 2.05) is 0 Å². The molecular formula is C15H23N3O3S. The molecule has 0 aliphatic heterocycles. The average Bonchev–Trinajstić information content (AvgIpc) is 2.47. The molecule has 22 heavy (non-hydrogen) atoms. The largest absolute Gasteiger partial charge is 0.351 e. The number of thioether (sulfide) groups is 1. The second kappa shape index (κ2) is 9.42. The highest BCUT2D eigenvalue weighted by atomic mass is 32.2. The van der Waals surface area contributed by atoms with Crippen molar-refractivity contribution in [3.8, 4) is 0 Å². The van der Waals surface area contributed by atoms with E-state index in [4.69, 9.17) is 0 Å². The first-order valence-electron chi connectivity index (χ1n) is 7.29. The normalized spacial score (nSPS) is 10.7. The monoisotopic (exact) mass is 325 g/mol. The van der Waals surface area contributed by atoms with E-state index in [-0.39, 0.29) is 11.6 Å². The Hall–Kier alpha value is -1.60. The number of hydrogen-bond donors (Lipinski definition) is 2. The molecular weight excluding hydrogens is 302 g/mol. The minimum Gasteiger partial charge on any atom is -0.351 e. The Labute approximate surface area is 135 Å². The van der Waals surface area contributed by atoms with Crippen LogP contribution in [0.5, 0.6) is 0 Å². The van der Waals surface area contributed by atoms with Crippen LogP contribution in [0.3, 0.4) is 0 Å². The van der Waals surface area contributed by atoms with Crippen molar-refractivity contribution in [2.75, 3.05) is 25.9 Å². The van der Waals surface area contributed by atoms with Gasteiger partial charge in [-0.2, -0.15) is 0 Å². The maximum Gasteiger partial charge on any atom is 0.283 e. The van der Waals surface area contributed by atoms with Gasteiger partial charge in [0, 0.05) is 24.7 Å². The van der Waals surface area contributed by atoms with Gasteiger partial charge in [0.25, 0.3) is 11.6 Å². The van der Waals surface area contributed by atoms with Crippen LogP contribution < -0.4 is 10.6 Å². The third kappa shape index (κ3) is 6.03. The van der Waals surface area contributed by atoms with Gasteiger partial charge in [-0.3, -0.25) is 14.9 Å². The molecule has 1 amide bonds. The molecule has 0 radical (unpaired) electrons. The predicted octanol–water partition coefficient (Wildman–Crippen LogP) is 2.68. The number of likely N-dealkylation sites (N-methyl/N-ethyl adjacent to an activating group) is 1. The van der Waals surface area contributed by atoms with Crippen LogP contribution in [0.15, 0.2) is 23.1 Å². The van der Waals surface area contributed by atoms with E-state index in [1.54, 1.807) is 19.2 Å². The van der Waals surface area contributed by atoms with Crippen LogP contribution in [0, 0.1) is 16.0 Å². The van der Waals surface area contributed by atoms with Crippen molar-refractivity contribution < 1.29 is 9.72 Å². The van der Waals surface area contributed by atoms with Gasteiger partial charge in [0.2, 0.25) is 0 Å². The smallest absolute Gasteiger partial charge is 0.283 e. The van der Waals surface area contributed by atoms with Gasteiger partial charge in [-0.25, -0.2) is 0 Å². The van der Waals surface area contributed by atoms with Gasteiger partial charge >= 0.3 is 0 Å². The zero-order valence-electron chi connectivity index (χ0n) is 13.2. The Morgan fingerprint density at radius 3 is 2.68 bits per heavy atom. The van der Waals surface area contributed by atoms with Crippen LogP contribution >= 0.6 is 11.8 Å². The van der Waals surface area contributed by atoms with E-state index in [1.165, 1.54) is 17.8 Å². The highest BCUT2D eigenvalue weighted by Crippen LogP contribution is 2.31. The Kier molecular flexibility index (Phi) is 7.90. The van der Waals surface area contributed by atoms with Gasteiger partial charge < -0.3 is 10.6 Å². The first-order valence-corrected chi connectivity index (χ1v) is 8.28. The van der Waals surface area contributed by atoms with Gasteiger partial charge in [0.15, 0.2) is 0 Å². The summed E-state index contributed by atoms with van der Waals surface area (Å²) in [6, 6.07) is 4.65. The molecule has 0 aliphatic carbocycles. The van der Waals surface area contributed by atoms with Gasteiger partial charge in [-0.05, 0) is 37.3 Å². The second-order valence-corrected chi connectivity index (χ2v) is 6.47. The SMILES string of the molecule is CNCCNC(=O)c1ccc(SCCC(C)C)c([N+](=O)[O-])c1. The third-order valence-corrected chi connectivity index (χ3v) is 4.13. The fraction of sp³-hybridized carbons (Fsp3) is 0.533. The first-order chi connectivity index (χ1) is 10.5. The number of nitrogens with one attached hydrogen (secondary N) is 2. The molecule has 1 aromatic carbocycles. The molecule has 1 rings (SSSR count). The van der Waals surface area contributed by atoms with Crippen LogP contribution in [0.2, 0.25) is 0 Å². The third-order valence-electron chi connectivity index (χ3n) is 3.03. The van der Waals surface area contributed by atoms with Crippen molar-refractivity contribution in [3.63, 3.8) is 0 Å². The lowest BCUT2D eigenvalue weighted by molar-refractivity contribution is -0.387. The molecule has 0 aliphatic rings. The Bertz CT molecular complexity index is 521. The van der Waals surface area contributed by atoms with Crippen LogP contribution in [0.4, 0.5) is 5.69 Å². The fourth-order valence-corrected chi connectivity index (χ4v) is 2.99. The van der Waals surface area contributed by atoms with E-state index in [0.717, 1.165) is 12.2 Å². The van der Waals surface area contributed by atoms with E-state index in [0.29, 0.717) is 29.5 Å². The van der Waals surface area contributed by atoms with Crippen LogP contribution in [0.25, 0.3) is 0 Å². The van der Waals surface area contributed by atoms with Crippen molar-refractivity contribution in [1.29, 1.82) is 0 Å². The molecule has 0 heterocycles. The molecule has 6 nitrogen and oxygen atoms in total. The predicted molar refractivity (Wildman–Crippen MR) is 89.5 cm³/mol.